The van der Waals surface area contributed by atoms with E-state index in [-0.39, 0.29) is 10.8 Å². The predicted molar refractivity (Wildman–Crippen MR) is 62.1 cm³/mol. The smallest absolute Gasteiger partial charge is 0.335 e. The summed E-state index contributed by atoms with van der Waals surface area (Å²) in [5, 5.41) is 9.07. The maximum Gasteiger partial charge on any atom is 0.335 e. The number of benzene rings is 1. The fourth-order valence-electron chi connectivity index (χ4n) is 2.05. The van der Waals surface area contributed by atoms with Gasteiger partial charge in [0.2, 0.25) is 0 Å². The summed E-state index contributed by atoms with van der Waals surface area (Å²) in [6.07, 6.45) is 4.25. The second-order valence-corrected chi connectivity index (χ2v) is 5.77. The van der Waals surface area contributed by atoms with Gasteiger partial charge >= 0.3 is 5.97 Å². The molecule has 1 atom stereocenters. The standard InChI is InChI=1S/C12H14O3S/c13-12(14)9-4-3-7-11(8-9)16(15)10-5-1-2-6-10/h3-4,7-8,10H,1-2,5-6H2,(H,13,14). The molecule has 1 saturated carbocycles. The van der Waals surface area contributed by atoms with Gasteiger partial charge in [-0.2, -0.15) is 0 Å². The second kappa shape index (κ2) is 4.78. The van der Waals surface area contributed by atoms with Crippen LogP contribution in [0.1, 0.15) is 36.0 Å². The van der Waals surface area contributed by atoms with Crippen LogP contribution in [-0.2, 0) is 10.8 Å². The number of hydrogen-bond acceptors (Lipinski definition) is 2. The Hall–Kier alpha value is -1.16. The van der Waals surface area contributed by atoms with E-state index in [9.17, 15) is 9.00 Å². The molecular formula is C12H14O3S. The fraction of sp³-hybridized carbons (Fsp3) is 0.417. The molecule has 3 nitrogen and oxygen atoms in total. The van der Waals surface area contributed by atoms with E-state index in [1.807, 2.05) is 0 Å². The van der Waals surface area contributed by atoms with E-state index in [2.05, 4.69) is 0 Å². The van der Waals surface area contributed by atoms with E-state index >= 15 is 0 Å². The molecule has 1 aliphatic rings. The van der Waals surface area contributed by atoms with E-state index in [0.717, 1.165) is 25.7 Å². The summed E-state index contributed by atoms with van der Waals surface area (Å²) >= 11 is 0. The van der Waals surface area contributed by atoms with Gasteiger partial charge in [0.1, 0.15) is 0 Å². The van der Waals surface area contributed by atoms with Crippen LogP contribution < -0.4 is 0 Å². The third kappa shape index (κ3) is 2.32. The van der Waals surface area contributed by atoms with E-state index in [0.29, 0.717) is 4.90 Å². The molecule has 0 amide bonds. The van der Waals surface area contributed by atoms with Gasteiger partial charge in [0.05, 0.1) is 16.4 Å². The highest BCUT2D eigenvalue weighted by atomic mass is 32.2. The van der Waals surface area contributed by atoms with Crippen LogP contribution in [0.15, 0.2) is 29.2 Å². The highest BCUT2D eigenvalue weighted by molar-refractivity contribution is 7.85. The summed E-state index contributed by atoms with van der Waals surface area (Å²) in [6.45, 7) is 0. The molecule has 0 radical (unpaired) electrons. The summed E-state index contributed by atoms with van der Waals surface area (Å²) in [6, 6.07) is 6.46. The SMILES string of the molecule is O=C(O)c1cccc(S(=O)C2CCCC2)c1. The van der Waals surface area contributed by atoms with Crippen LogP contribution in [-0.4, -0.2) is 20.5 Å². The Labute approximate surface area is 96.9 Å². The summed E-state index contributed by atoms with van der Waals surface area (Å²) in [7, 11) is -1.05. The summed E-state index contributed by atoms with van der Waals surface area (Å²) < 4.78 is 12.1. The van der Waals surface area contributed by atoms with Crippen molar-refractivity contribution in [3.05, 3.63) is 29.8 Å². The largest absolute Gasteiger partial charge is 0.478 e. The molecule has 1 N–H and O–H groups in total. The first-order chi connectivity index (χ1) is 7.68. The zero-order valence-corrected chi connectivity index (χ0v) is 9.70. The van der Waals surface area contributed by atoms with Gasteiger partial charge in [-0.15, -0.1) is 0 Å². The molecule has 4 heteroatoms. The third-order valence-corrected chi connectivity index (χ3v) is 4.71. The number of rotatable bonds is 3. The predicted octanol–water partition coefficient (Wildman–Crippen LogP) is 2.44. The van der Waals surface area contributed by atoms with Gasteiger partial charge in [0, 0.05) is 10.1 Å². The molecule has 0 saturated heterocycles. The molecule has 1 aliphatic carbocycles. The number of carbonyl (C=O) groups is 1. The van der Waals surface area contributed by atoms with Crippen LogP contribution >= 0.6 is 0 Å². The molecule has 2 rings (SSSR count). The quantitative estimate of drug-likeness (QED) is 0.880. The minimum atomic E-state index is -1.05. The molecule has 0 aliphatic heterocycles. The summed E-state index contributed by atoms with van der Waals surface area (Å²) in [5.41, 5.74) is 0.212. The lowest BCUT2D eigenvalue weighted by atomic mass is 10.2. The summed E-state index contributed by atoms with van der Waals surface area (Å²) in [4.78, 5) is 11.4. The molecule has 1 fully saturated rings. The zero-order valence-electron chi connectivity index (χ0n) is 8.89. The molecule has 0 aromatic heterocycles. The average molecular weight is 238 g/mol. The van der Waals surface area contributed by atoms with Crippen molar-refractivity contribution >= 4 is 16.8 Å². The van der Waals surface area contributed by atoms with Crippen LogP contribution in [0.2, 0.25) is 0 Å². The van der Waals surface area contributed by atoms with Crippen molar-refractivity contribution in [3.8, 4) is 0 Å². The lowest BCUT2D eigenvalue weighted by molar-refractivity contribution is 0.0696. The molecule has 1 aromatic carbocycles. The van der Waals surface area contributed by atoms with Crippen molar-refractivity contribution in [2.45, 2.75) is 35.8 Å². The Balaban J connectivity index is 2.22. The topological polar surface area (TPSA) is 54.4 Å². The minimum Gasteiger partial charge on any atom is -0.478 e. The molecule has 0 heterocycles. The molecule has 1 aromatic rings. The first kappa shape index (κ1) is 11.3. The van der Waals surface area contributed by atoms with Gasteiger partial charge in [-0.05, 0) is 31.0 Å². The van der Waals surface area contributed by atoms with Crippen molar-refractivity contribution < 1.29 is 14.1 Å². The van der Waals surface area contributed by atoms with Crippen LogP contribution in [0.5, 0.6) is 0 Å². The maximum atomic E-state index is 12.1. The van der Waals surface area contributed by atoms with E-state index < -0.39 is 16.8 Å². The van der Waals surface area contributed by atoms with Crippen LogP contribution in [0.25, 0.3) is 0 Å². The van der Waals surface area contributed by atoms with Crippen molar-refractivity contribution in [2.24, 2.45) is 0 Å². The Bertz CT molecular complexity index is 422. The number of carboxylic acid groups (broad SMARTS) is 1. The van der Waals surface area contributed by atoms with E-state index in [1.54, 1.807) is 12.1 Å². The van der Waals surface area contributed by atoms with Gasteiger partial charge in [-0.3, -0.25) is 4.21 Å². The third-order valence-electron chi connectivity index (χ3n) is 2.92. The van der Waals surface area contributed by atoms with Crippen LogP contribution in [0.4, 0.5) is 0 Å². The second-order valence-electron chi connectivity index (χ2n) is 4.04. The lowest BCUT2D eigenvalue weighted by Crippen LogP contribution is -2.11. The highest BCUT2D eigenvalue weighted by Crippen LogP contribution is 2.26. The van der Waals surface area contributed by atoms with Crippen LogP contribution in [0.3, 0.4) is 0 Å². The molecule has 16 heavy (non-hydrogen) atoms. The number of aromatic carboxylic acids is 1. The van der Waals surface area contributed by atoms with Crippen molar-refractivity contribution in [3.63, 3.8) is 0 Å². The minimum absolute atomic E-state index is 0.212. The van der Waals surface area contributed by atoms with Crippen molar-refractivity contribution in [1.82, 2.24) is 0 Å². The Morgan fingerprint density at radius 3 is 2.62 bits per heavy atom. The molecule has 1 unspecified atom stereocenters. The normalized spacial score (nSPS) is 18.5. The van der Waals surface area contributed by atoms with Gasteiger partial charge in [-0.25, -0.2) is 4.79 Å². The van der Waals surface area contributed by atoms with Gasteiger partial charge < -0.3 is 5.11 Å². The Kier molecular flexibility index (Phi) is 3.39. The monoisotopic (exact) mass is 238 g/mol. The molecular weight excluding hydrogens is 224 g/mol. The highest BCUT2D eigenvalue weighted by Gasteiger charge is 2.22. The van der Waals surface area contributed by atoms with Gasteiger partial charge in [-0.1, -0.05) is 18.9 Å². The molecule has 86 valence electrons. The van der Waals surface area contributed by atoms with Gasteiger partial charge in [0.15, 0.2) is 0 Å². The average Bonchev–Trinajstić information content (AvgIpc) is 2.81. The van der Waals surface area contributed by atoms with E-state index in [4.69, 9.17) is 5.11 Å². The number of carboxylic acids is 1. The number of hydrogen-bond donors (Lipinski definition) is 1. The first-order valence-corrected chi connectivity index (χ1v) is 6.64. The zero-order chi connectivity index (χ0) is 11.5. The molecule has 0 spiro atoms. The van der Waals surface area contributed by atoms with Gasteiger partial charge in [0.25, 0.3) is 0 Å². The van der Waals surface area contributed by atoms with Crippen LogP contribution in [0, 0.1) is 0 Å². The van der Waals surface area contributed by atoms with Crippen molar-refractivity contribution in [2.75, 3.05) is 0 Å². The fourth-order valence-corrected chi connectivity index (χ4v) is 3.65. The van der Waals surface area contributed by atoms with Crippen molar-refractivity contribution in [1.29, 1.82) is 0 Å². The first-order valence-electron chi connectivity index (χ1n) is 5.42. The lowest BCUT2D eigenvalue weighted by Gasteiger charge is -2.09. The molecule has 0 bridgehead atoms. The Morgan fingerprint density at radius 1 is 1.31 bits per heavy atom. The Morgan fingerprint density at radius 2 is 2.00 bits per heavy atom. The maximum absolute atomic E-state index is 12.1. The van der Waals surface area contributed by atoms with E-state index in [1.165, 1.54) is 12.1 Å². The summed E-state index contributed by atoms with van der Waals surface area (Å²) in [5.74, 6) is -0.967.